The molecule has 0 unspecified atom stereocenters. The van der Waals surface area contributed by atoms with Crippen molar-refractivity contribution in [3.05, 3.63) is 30.3 Å². The molecule has 0 spiro atoms. The van der Waals surface area contributed by atoms with Gasteiger partial charge in [0.25, 0.3) is 0 Å². The van der Waals surface area contributed by atoms with E-state index in [1.165, 1.54) is 0 Å². The topological polar surface area (TPSA) is 47.6 Å². The molecule has 1 aromatic rings. The molecule has 0 atom stereocenters. The average molecular weight is 260 g/mol. The Hall–Kier alpha value is -1.59. The van der Waals surface area contributed by atoms with E-state index in [0.717, 1.165) is 45.0 Å². The summed E-state index contributed by atoms with van der Waals surface area (Å²) in [6.07, 6.45) is 0. The van der Waals surface area contributed by atoms with E-state index in [0.29, 0.717) is 6.04 Å². The Labute approximate surface area is 113 Å². The zero-order chi connectivity index (χ0) is 13.1. The number of nitrogens with one attached hydrogen (secondary N) is 2. The molecule has 0 aliphatic carbocycles. The fraction of sp³-hybridized carbons (Fsp3) is 0.500. The van der Waals surface area contributed by atoms with Crippen LogP contribution in [0.1, 0.15) is 0 Å². The molecule has 2 fully saturated rings. The summed E-state index contributed by atoms with van der Waals surface area (Å²) in [4.78, 5) is 16.5. The molecule has 19 heavy (non-hydrogen) atoms. The van der Waals surface area contributed by atoms with Gasteiger partial charge in [0.05, 0.1) is 0 Å². The van der Waals surface area contributed by atoms with Crippen LogP contribution in [0.4, 0.5) is 10.5 Å². The maximum Gasteiger partial charge on any atom is 0.321 e. The Morgan fingerprint density at radius 3 is 2.37 bits per heavy atom. The largest absolute Gasteiger partial charge is 0.322 e. The number of para-hydroxylation sites is 1. The number of hydrogen-bond donors (Lipinski definition) is 2. The Balaban J connectivity index is 1.49. The summed E-state index contributed by atoms with van der Waals surface area (Å²) >= 11 is 0. The second-order valence-corrected chi connectivity index (χ2v) is 5.13. The number of carbonyl (C=O) groups excluding carboxylic acids is 1. The van der Waals surface area contributed by atoms with Gasteiger partial charge in [-0.15, -0.1) is 0 Å². The molecule has 0 saturated carbocycles. The Morgan fingerprint density at radius 1 is 1.11 bits per heavy atom. The van der Waals surface area contributed by atoms with E-state index in [1.54, 1.807) is 0 Å². The summed E-state index contributed by atoms with van der Waals surface area (Å²) in [6, 6.07) is 10.3. The lowest BCUT2D eigenvalue weighted by atomic mass is 10.1. The highest BCUT2D eigenvalue weighted by Crippen LogP contribution is 2.12. The number of piperazine rings is 1. The van der Waals surface area contributed by atoms with Crippen LogP contribution in [0.2, 0.25) is 0 Å². The van der Waals surface area contributed by atoms with Gasteiger partial charge in [-0.05, 0) is 12.1 Å². The van der Waals surface area contributed by atoms with Crippen molar-refractivity contribution in [2.75, 3.05) is 44.6 Å². The van der Waals surface area contributed by atoms with Crippen LogP contribution < -0.4 is 10.6 Å². The van der Waals surface area contributed by atoms with E-state index in [2.05, 4.69) is 15.5 Å². The molecule has 1 aromatic carbocycles. The molecule has 0 radical (unpaired) electrons. The average Bonchev–Trinajstić information content (AvgIpc) is 2.39. The number of urea groups is 1. The van der Waals surface area contributed by atoms with Gasteiger partial charge in [0.15, 0.2) is 0 Å². The third kappa shape index (κ3) is 2.88. The summed E-state index contributed by atoms with van der Waals surface area (Å²) in [5.41, 5.74) is 0.859. The fourth-order valence-corrected chi connectivity index (χ4v) is 2.55. The molecule has 0 bridgehead atoms. The first-order valence-electron chi connectivity index (χ1n) is 6.89. The van der Waals surface area contributed by atoms with E-state index in [4.69, 9.17) is 0 Å². The van der Waals surface area contributed by atoms with Crippen molar-refractivity contribution < 1.29 is 4.79 Å². The van der Waals surface area contributed by atoms with Gasteiger partial charge in [0, 0.05) is 51.0 Å². The van der Waals surface area contributed by atoms with Crippen LogP contribution in [0.25, 0.3) is 0 Å². The first kappa shape index (κ1) is 12.4. The summed E-state index contributed by atoms with van der Waals surface area (Å²) < 4.78 is 0. The third-order valence-corrected chi connectivity index (χ3v) is 3.90. The second kappa shape index (κ2) is 5.59. The highest BCUT2D eigenvalue weighted by Gasteiger charge is 2.29. The lowest BCUT2D eigenvalue weighted by Crippen LogP contribution is -2.62. The number of anilines is 1. The fourth-order valence-electron chi connectivity index (χ4n) is 2.55. The van der Waals surface area contributed by atoms with E-state index in [1.807, 2.05) is 35.2 Å². The predicted molar refractivity (Wildman–Crippen MR) is 75.3 cm³/mol. The highest BCUT2D eigenvalue weighted by atomic mass is 16.2. The van der Waals surface area contributed by atoms with Crippen LogP contribution in [-0.4, -0.2) is 61.1 Å². The number of rotatable bonds is 2. The zero-order valence-corrected chi connectivity index (χ0v) is 11.0. The molecular weight excluding hydrogens is 240 g/mol. The van der Waals surface area contributed by atoms with E-state index in [9.17, 15) is 4.79 Å². The molecule has 0 aromatic heterocycles. The van der Waals surface area contributed by atoms with Crippen LogP contribution in [0, 0.1) is 0 Å². The van der Waals surface area contributed by atoms with Crippen LogP contribution in [-0.2, 0) is 0 Å². The molecule has 2 amide bonds. The van der Waals surface area contributed by atoms with Crippen LogP contribution >= 0.6 is 0 Å². The first-order valence-corrected chi connectivity index (χ1v) is 6.89. The summed E-state index contributed by atoms with van der Waals surface area (Å²) in [5.74, 6) is 0. The molecule has 2 aliphatic rings. The summed E-state index contributed by atoms with van der Waals surface area (Å²) in [5, 5.41) is 6.23. The van der Waals surface area contributed by atoms with E-state index < -0.39 is 0 Å². The lowest BCUT2D eigenvalue weighted by molar-refractivity contribution is 0.0878. The summed E-state index contributed by atoms with van der Waals surface area (Å²) in [7, 11) is 0. The SMILES string of the molecule is O=C(Nc1ccccc1)N1CCN(C2CNC2)CC1. The molecule has 2 saturated heterocycles. The normalized spacial score (nSPS) is 20.9. The van der Waals surface area contributed by atoms with Crippen LogP contribution in [0.15, 0.2) is 30.3 Å². The Bertz CT molecular complexity index is 424. The standard InChI is InChI=1S/C14H20N4O/c19-14(16-12-4-2-1-3-5-12)18-8-6-17(7-9-18)13-10-15-11-13/h1-5,13,15H,6-11H2,(H,16,19). The lowest BCUT2D eigenvalue weighted by Gasteiger charge is -2.43. The van der Waals surface area contributed by atoms with Crippen molar-refractivity contribution >= 4 is 11.7 Å². The van der Waals surface area contributed by atoms with Crippen LogP contribution in [0.5, 0.6) is 0 Å². The molecule has 5 nitrogen and oxygen atoms in total. The number of benzene rings is 1. The van der Waals surface area contributed by atoms with Gasteiger partial charge in [-0.3, -0.25) is 4.90 Å². The Morgan fingerprint density at radius 2 is 1.79 bits per heavy atom. The monoisotopic (exact) mass is 260 g/mol. The summed E-state index contributed by atoms with van der Waals surface area (Å²) in [6.45, 7) is 5.78. The smallest absolute Gasteiger partial charge is 0.321 e. The van der Waals surface area contributed by atoms with Gasteiger partial charge in [-0.1, -0.05) is 18.2 Å². The van der Waals surface area contributed by atoms with Crippen molar-refractivity contribution in [1.82, 2.24) is 15.1 Å². The zero-order valence-electron chi connectivity index (χ0n) is 11.0. The van der Waals surface area contributed by atoms with E-state index in [-0.39, 0.29) is 6.03 Å². The molecule has 2 aliphatic heterocycles. The minimum atomic E-state index is 0.0117. The number of carbonyl (C=O) groups is 1. The van der Waals surface area contributed by atoms with Crippen LogP contribution in [0.3, 0.4) is 0 Å². The predicted octanol–water partition coefficient (Wildman–Crippen LogP) is 0.808. The quantitative estimate of drug-likeness (QED) is 0.827. The highest BCUT2D eigenvalue weighted by molar-refractivity contribution is 5.89. The number of hydrogen-bond acceptors (Lipinski definition) is 3. The molecule has 5 heteroatoms. The number of nitrogens with zero attached hydrogens (tertiary/aromatic N) is 2. The molecule has 2 N–H and O–H groups in total. The first-order chi connectivity index (χ1) is 9.33. The molecule has 2 heterocycles. The molecule has 102 valence electrons. The number of amides is 2. The molecule has 3 rings (SSSR count). The maximum atomic E-state index is 12.1. The van der Waals surface area contributed by atoms with Gasteiger partial charge < -0.3 is 15.5 Å². The van der Waals surface area contributed by atoms with Crippen molar-refractivity contribution in [2.24, 2.45) is 0 Å². The van der Waals surface area contributed by atoms with Gasteiger partial charge in [-0.25, -0.2) is 4.79 Å². The van der Waals surface area contributed by atoms with Crippen molar-refractivity contribution in [2.45, 2.75) is 6.04 Å². The van der Waals surface area contributed by atoms with Gasteiger partial charge in [0.1, 0.15) is 0 Å². The Kier molecular flexibility index (Phi) is 3.66. The van der Waals surface area contributed by atoms with Crippen molar-refractivity contribution in [3.8, 4) is 0 Å². The third-order valence-electron chi connectivity index (χ3n) is 3.90. The van der Waals surface area contributed by atoms with Crippen molar-refractivity contribution in [1.29, 1.82) is 0 Å². The van der Waals surface area contributed by atoms with Gasteiger partial charge >= 0.3 is 6.03 Å². The van der Waals surface area contributed by atoms with E-state index >= 15 is 0 Å². The minimum absolute atomic E-state index is 0.0117. The minimum Gasteiger partial charge on any atom is -0.322 e. The van der Waals surface area contributed by atoms with Gasteiger partial charge in [0.2, 0.25) is 0 Å². The molecular formula is C14H20N4O. The van der Waals surface area contributed by atoms with Crippen molar-refractivity contribution in [3.63, 3.8) is 0 Å². The maximum absolute atomic E-state index is 12.1. The van der Waals surface area contributed by atoms with Gasteiger partial charge in [-0.2, -0.15) is 0 Å². The second-order valence-electron chi connectivity index (χ2n) is 5.13.